The summed E-state index contributed by atoms with van der Waals surface area (Å²) in [5.74, 6) is 1.83. The van der Waals surface area contributed by atoms with Crippen LogP contribution in [0.15, 0.2) is 115 Å². The average molecular weight is 515 g/mol. The first-order valence-electron chi connectivity index (χ1n) is 12.0. The van der Waals surface area contributed by atoms with Crippen molar-refractivity contribution >= 4 is 34.0 Å². The van der Waals surface area contributed by atoms with Crippen LogP contribution in [0.4, 0.5) is 11.5 Å². The number of nitrogens with one attached hydrogen (secondary N) is 1. The summed E-state index contributed by atoms with van der Waals surface area (Å²) in [7, 11) is 0. The average Bonchev–Trinajstić information content (AvgIpc) is 2.99. The maximum Gasteiger partial charge on any atom is 0.228 e. The molecule has 0 saturated carbocycles. The highest BCUT2D eigenvalue weighted by Gasteiger charge is 2.13. The Balaban J connectivity index is 1.25. The van der Waals surface area contributed by atoms with Crippen molar-refractivity contribution in [1.29, 1.82) is 0 Å². The molecule has 0 aliphatic carbocycles. The van der Waals surface area contributed by atoms with Crippen LogP contribution in [0.5, 0.6) is 11.6 Å². The van der Waals surface area contributed by atoms with E-state index >= 15 is 0 Å². The van der Waals surface area contributed by atoms with Gasteiger partial charge in [0.1, 0.15) is 11.4 Å². The van der Waals surface area contributed by atoms with E-state index in [9.17, 15) is 0 Å². The molecule has 0 unspecified atom stereocenters. The van der Waals surface area contributed by atoms with Gasteiger partial charge in [-0.3, -0.25) is 0 Å². The van der Waals surface area contributed by atoms with Gasteiger partial charge in [0.2, 0.25) is 5.88 Å². The molecule has 6 aromatic rings. The van der Waals surface area contributed by atoms with Crippen LogP contribution in [0.2, 0.25) is 0 Å². The van der Waals surface area contributed by atoms with Crippen LogP contribution in [-0.2, 0) is 0 Å². The van der Waals surface area contributed by atoms with Gasteiger partial charge in [-0.25, -0.2) is 15.0 Å². The van der Waals surface area contributed by atoms with Gasteiger partial charge in [-0.15, -0.1) is 10.2 Å². The molecule has 0 saturated heterocycles. The van der Waals surface area contributed by atoms with Crippen molar-refractivity contribution in [2.75, 3.05) is 11.6 Å². The van der Waals surface area contributed by atoms with Crippen LogP contribution in [0.25, 0.3) is 33.3 Å². The van der Waals surface area contributed by atoms with Crippen LogP contribution in [0.3, 0.4) is 0 Å². The topological polar surface area (TPSA) is 85.7 Å². The third kappa shape index (κ3) is 4.89. The van der Waals surface area contributed by atoms with Gasteiger partial charge in [0.15, 0.2) is 11.0 Å². The smallest absolute Gasteiger partial charge is 0.228 e. The molecule has 3 aromatic heterocycles. The lowest BCUT2D eigenvalue weighted by atomic mass is 10.0. The van der Waals surface area contributed by atoms with Gasteiger partial charge in [-0.1, -0.05) is 66.4 Å². The van der Waals surface area contributed by atoms with Crippen molar-refractivity contribution in [1.82, 2.24) is 25.1 Å². The summed E-state index contributed by atoms with van der Waals surface area (Å²) in [6.07, 6.45) is 5.39. The Bertz CT molecular complexity index is 1710. The van der Waals surface area contributed by atoms with Gasteiger partial charge in [0.05, 0.1) is 11.3 Å². The molecule has 0 radical (unpaired) electrons. The number of anilines is 2. The number of fused-ring (bicyclic) bond motifs is 1. The maximum atomic E-state index is 6.14. The Labute approximate surface area is 224 Å². The van der Waals surface area contributed by atoms with E-state index in [1.54, 1.807) is 12.4 Å². The SMILES string of the molecule is CSc1nccc(-c2cccnc2Oc2ccc(Nc3nnc(-c4ccccc4)c4ccccc34)cc2)n1. The van der Waals surface area contributed by atoms with Crippen molar-refractivity contribution in [2.24, 2.45) is 0 Å². The fraction of sp³-hybridized carbons (Fsp3) is 0.0333. The van der Waals surface area contributed by atoms with Crippen LogP contribution < -0.4 is 10.1 Å². The zero-order chi connectivity index (χ0) is 25.7. The van der Waals surface area contributed by atoms with Crippen molar-refractivity contribution in [3.8, 4) is 34.1 Å². The maximum absolute atomic E-state index is 6.14. The number of hydrogen-bond acceptors (Lipinski definition) is 8. The Morgan fingerprint density at radius 1 is 0.711 bits per heavy atom. The molecule has 0 aliphatic rings. The largest absolute Gasteiger partial charge is 0.438 e. The summed E-state index contributed by atoms with van der Waals surface area (Å²) in [5.41, 5.74) is 4.31. The molecular formula is C30H22N6OS. The molecule has 3 heterocycles. The summed E-state index contributed by atoms with van der Waals surface area (Å²) in [4.78, 5) is 13.3. The lowest BCUT2D eigenvalue weighted by Crippen LogP contribution is -1.99. The fourth-order valence-corrected chi connectivity index (χ4v) is 4.47. The minimum Gasteiger partial charge on any atom is -0.438 e. The monoisotopic (exact) mass is 514 g/mol. The first-order chi connectivity index (χ1) is 18.8. The van der Waals surface area contributed by atoms with Gasteiger partial charge in [0, 0.05) is 34.4 Å². The Hall–Kier alpha value is -4.82. The normalized spacial score (nSPS) is 10.9. The molecule has 184 valence electrons. The number of benzene rings is 3. The predicted molar refractivity (Wildman–Crippen MR) is 152 cm³/mol. The van der Waals surface area contributed by atoms with Crippen LogP contribution >= 0.6 is 11.8 Å². The third-order valence-corrected chi connectivity index (χ3v) is 6.49. The summed E-state index contributed by atoms with van der Waals surface area (Å²) in [6, 6.07) is 31.5. The van der Waals surface area contributed by atoms with E-state index in [-0.39, 0.29) is 0 Å². The van der Waals surface area contributed by atoms with Crippen molar-refractivity contribution in [3.63, 3.8) is 0 Å². The standard InChI is InChI=1S/C30H22N6OS/c1-38-30-32-19-17-26(34-30)25-12-7-18-31-29(25)37-22-15-13-21(14-16-22)33-28-24-11-6-5-10-23(24)27(35-36-28)20-8-3-2-4-9-20/h2-19H,1H3,(H,33,36). The molecule has 7 nitrogen and oxygen atoms in total. The highest BCUT2D eigenvalue weighted by Crippen LogP contribution is 2.33. The first kappa shape index (κ1) is 23.6. The molecule has 8 heteroatoms. The number of thioether (sulfide) groups is 1. The highest BCUT2D eigenvalue weighted by atomic mass is 32.2. The van der Waals surface area contributed by atoms with E-state index in [1.807, 2.05) is 91.2 Å². The van der Waals surface area contributed by atoms with E-state index in [2.05, 4.69) is 42.6 Å². The van der Waals surface area contributed by atoms with Gasteiger partial charge >= 0.3 is 0 Å². The number of hydrogen-bond donors (Lipinski definition) is 1. The van der Waals surface area contributed by atoms with E-state index < -0.39 is 0 Å². The van der Waals surface area contributed by atoms with E-state index in [0.717, 1.165) is 39.0 Å². The molecule has 0 aliphatic heterocycles. The minimum atomic E-state index is 0.479. The second kappa shape index (κ2) is 10.7. The molecule has 3 aromatic carbocycles. The third-order valence-electron chi connectivity index (χ3n) is 5.93. The molecule has 6 rings (SSSR count). The Morgan fingerprint density at radius 3 is 2.32 bits per heavy atom. The van der Waals surface area contributed by atoms with E-state index in [1.165, 1.54) is 11.8 Å². The second-order valence-electron chi connectivity index (χ2n) is 8.34. The quantitative estimate of drug-likeness (QED) is 0.174. The van der Waals surface area contributed by atoms with E-state index in [0.29, 0.717) is 22.6 Å². The van der Waals surface area contributed by atoms with Crippen molar-refractivity contribution in [3.05, 3.63) is 109 Å². The molecular weight excluding hydrogens is 492 g/mol. The number of ether oxygens (including phenoxy) is 1. The predicted octanol–water partition coefficient (Wildman–Crippen LogP) is 7.41. The second-order valence-corrected chi connectivity index (χ2v) is 9.12. The summed E-state index contributed by atoms with van der Waals surface area (Å²) >= 11 is 1.49. The molecule has 0 amide bonds. The summed E-state index contributed by atoms with van der Waals surface area (Å²) in [5, 5.41) is 15.2. The molecule has 1 N–H and O–H groups in total. The first-order valence-corrected chi connectivity index (χ1v) is 13.2. The lowest BCUT2D eigenvalue weighted by Gasteiger charge is -2.12. The number of rotatable bonds is 7. The fourth-order valence-electron chi connectivity index (χ4n) is 4.12. The Morgan fingerprint density at radius 2 is 1.50 bits per heavy atom. The van der Waals surface area contributed by atoms with Gasteiger partial charge < -0.3 is 10.1 Å². The summed E-state index contributed by atoms with van der Waals surface area (Å²) < 4.78 is 6.14. The zero-order valence-corrected chi connectivity index (χ0v) is 21.3. The van der Waals surface area contributed by atoms with Gasteiger partial charge in [-0.05, 0) is 48.7 Å². The molecule has 38 heavy (non-hydrogen) atoms. The molecule has 0 atom stereocenters. The Kier molecular flexibility index (Phi) is 6.61. The van der Waals surface area contributed by atoms with Crippen LogP contribution in [-0.4, -0.2) is 31.4 Å². The van der Waals surface area contributed by atoms with Crippen molar-refractivity contribution < 1.29 is 4.74 Å². The van der Waals surface area contributed by atoms with Crippen molar-refractivity contribution in [2.45, 2.75) is 5.16 Å². The van der Waals surface area contributed by atoms with E-state index in [4.69, 9.17) is 4.74 Å². The lowest BCUT2D eigenvalue weighted by molar-refractivity contribution is 0.465. The number of pyridine rings is 1. The molecule has 0 bridgehead atoms. The molecule has 0 spiro atoms. The zero-order valence-electron chi connectivity index (χ0n) is 20.4. The van der Waals surface area contributed by atoms with Gasteiger partial charge in [-0.2, -0.15) is 0 Å². The van der Waals surface area contributed by atoms with Crippen LogP contribution in [0, 0.1) is 0 Å². The molecule has 0 fully saturated rings. The summed E-state index contributed by atoms with van der Waals surface area (Å²) in [6.45, 7) is 0. The number of nitrogens with zero attached hydrogens (tertiary/aromatic N) is 5. The highest BCUT2D eigenvalue weighted by molar-refractivity contribution is 7.98. The van der Waals surface area contributed by atoms with Crippen LogP contribution in [0.1, 0.15) is 0 Å². The number of aromatic nitrogens is 5. The minimum absolute atomic E-state index is 0.479. The van der Waals surface area contributed by atoms with Gasteiger partial charge in [0.25, 0.3) is 0 Å².